The molecular formula is C10H12O2. The van der Waals surface area contributed by atoms with Crippen molar-refractivity contribution < 1.29 is 9.53 Å². The minimum Gasteiger partial charge on any atom is -0.458 e. The molecule has 2 aliphatic rings. The van der Waals surface area contributed by atoms with Crippen LogP contribution in [-0.2, 0) is 9.53 Å². The monoisotopic (exact) mass is 164 g/mol. The number of allylic oxidation sites excluding steroid dienone is 2. The predicted molar refractivity (Wildman–Crippen MR) is 45.5 cm³/mol. The molecule has 0 bridgehead atoms. The van der Waals surface area contributed by atoms with Crippen molar-refractivity contribution in [1.82, 2.24) is 0 Å². The molecule has 0 amide bonds. The van der Waals surface area contributed by atoms with Gasteiger partial charge in [-0.15, -0.1) is 0 Å². The van der Waals surface area contributed by atoms with Gasteiger partial charge in [0.05, 0.1) is 0 Å². The fourth-order valence-corrected chi connectivity index (χ4v) is 2.10. The Labute approximate surface area is 71.9 Å². The molecule has 0 aromatic heterocycles. The maximum absolute atomic E-state index is 11.2. The fourth-order valence-electron chi connectivity index (χ4n) is 2.10. The first-order chi connectivity index (χ1) is 5.83. The van der Waals surface area contributed by atoms with Crippen LogP contribution in [0.2, 0.25) is 0 Å². The molecule has 0 aromatic carbocycles. The van der Waals surface area contributed by atoms with Crippen molar-refractivity contribution in [3.05, 3.63) is 24.3 Å². The lowest BCUT2D eigenvalue weighted by Crippen LogP contribution is -2.07. The van der Waals surface area contributed by atoms with Crippen LogP contribution >= 0.6 is 0 Å². The summed E-state index contributed by atoms with van der Waals surface area (Å²) in [5.74, 6) is 0.222. The molecule has 2 atom stereocenters. The van der Waals surface area contributed by atoms with Gasteiger partial charge in [0.15, 0.2) is 0 Å². The molecule has 0 N–H and O–H groups in total. The molecule has 1 aliphatic carbocycles. The van der Waals surface area contributed by atoms with Gasteiger partial charge >= 0.3 is 5.97 Å². The Morgan fingerprint density at radius 3 is 3.08 bits per heavy atom. The first-order valence-corrected chi connectivity index (χ1v) is 4.36. The summed E-state index contributed by atoms with van der Waals surface area (Å²) >= 11 is 0. The zero-order chi connectivity index (χ0) is 8.55. The van der Waals surface area contributed by atoms with Gasteiger partial charge in [0, 0.05) is 11.5 Å². The third kappa shape index (κ3) is 0.986. The number of rotatable bonds is 1. The molecule has 2 nitrogen and oxygen atoms in total. The van der Waals surface area contributed by atoms with E-state index in [-0.39, 0.29) is 12.1 Å². The maximum atomic E-state index is 11.2. The largest absolute Gasteiger partial charge is 0.458 e. The molecule has 2 unspecified atom stereocenters. The number of fused-ring (bicyclic) bond motifs is 1. The van der Waals surface area contributed by atoms with Crippen LogP contribution in [0.25, 0.3) is 0 Å². The highest BCUT2D eigenvalue weighted by Gasteiger charge is 2.42. The first-order valence-electron chi connectivity index (χ1n) is 4.36. The lowest BCUT2D eigenvalue weighted by atomic mass is 9.98. The van der Waals surface area contributed by atoms with E-state index in [0.717, 1.165) is 18.4 Å². The molecule has 0 radical (unpaired) electrons. The average Bonchev–Trinajstić information content (AvgIpc) is 2.56. The van der Waals surface area contributed by atoms with Gasteiger partial charge in [0.1, 0.15) is 6.10 Å². The number of carbonyl (C=O) groups excluding carboxylic acids is 1. The predicted octanol–water partition coefficient (Wildman–Crippen LogP) is 1.82. The molecule has 1 heterocycles. The van der Waals surface area contributed by atoms with Gasteiger partial charge in [-0.3, -0.25) is 0 Å². The second-order valence-corrected chi connectivity index (χ2v) is 3.34. The van der Waals surface area contributed by atoms with E-state index in [0.29, 0.717) is 5.92 Å². The number of ether oxygens (including phenoxy) is 1. The third-order valence-electron chi connectivity index (χ3n) is 2.64. The van der Waals surface area contributed by atoms with Gasteiger partial charge in [0.2, 0.25) is 0 Å². The van der Waals surface area contributed by atoms with Crippen LogP contribution in [0.1, 0.15) is 19.3 Å². The van der Waals surface area contributed by atoms with E-state index < -0.39 is 0 Å². The highest BCUT2D eigenvalue weighted by molar-refractivity contribution is 5.92. The zero-order valence-electron chi connectivity index (χ0n) is 6.95. The van der Waals surface area contributed by atoms with E-state index in [1.54, 1.807) is 12.2 Å². The topological polar surface area (TPSA) is 26.3 Å². The van der Waals surface area contributed by atoms with Crippen LogP contribution in [-0.4, -0.2) is 12.1 Å². The van der Waals surface area contributed by atoms with Gasteiger partial charge in [0.25, 0.3) is 0 Å². The molecule has 2 heteroatoms. The van der Waals surface area contributed by atoms with E-state index >= 15 is 0 Å². The Morgan fingerprint density at radius 2 is 2.33 bits per heavy atom. The zero-order valence-corrected chi connectivity index (χ0v) is 6.95. The Balaban J connectivity index is 2.26. The molecule has 0 spiro atoms. The fraction of sp³-hybridized carbons (Fsp3) is 0.500. The van der Waals surface area contributed by atoms with Crippen molar-refractivity contribution in [2.24, 2.45) is 5.92 Å². The van der Waals surface area contributed by atoms with Crippen LogP contribution in [0.5, 0.6) is 0 Å². The standard InChI is InChI=1S/C10H12O2/c1-2-4-8-7-5-3-6-9(7)12-10(8)11/h2,4,7,9H,1,3,5-6H2/b8-4-. The second-order valence-electron chi connectivity index (χ2n) is 3.34. The van der Waals surface area contributed by atoms with E-state index in [2.05, 4.69) is 6.58 Å². The van der Waals surface area contributed by atoms with E-state index in [4.69, 9.17) is 4.74 Å². The summed E-state index contributed by atoms with van der Waals surface area (Å²) < 4.78 is 5.20. The molecular weight excluding hydrogens is 152 g/mol. The van der Waals surface area contributed by atoms with Crippen molar-refractivity contribution in [1.29, 1.82) is 0 Å². The smallest absolute Gasteiger partial charge is 0.334 e. The molecule has 1 aliphatic heterocycles. The third-order valence-corrected chi connectivity index (χ3v) is 2.64. The lowest BCUT2D eigenvalue weighted by Gasteiger charge is -2.04. The Morgan fingerprint density at radius 1 is 1.50 bits per heavy atom. The summed E-state index contributed by atoms with van der Waals surface area (Å²) in [7, 11) is 0. The summed E-state index contributed by atoms with van der Waals surface area (Å²) in [6.45, 7) is 3.59. The van der Waals surface area contributed by atoms with Gasteiger partial charge in [-0.05, 0) is 19.3 Å². The molecule has 2 fully saturated rings. The van der Waals surface area contributed by atoms with Gasteiger partial charge < -0.3 is 4.74 Å². The van der Waals surface area contributed by atoms with Crippen molar-refractivity contribution >= 4 is 5.97 Å². The SMILES string of the molecule is C=C/C=C1\C(=O)OC2CCCC12. The minimum absolute atomic E-state index is 0.135. The molecule has 64 valence electrons. The lowest BCUT2D eigenvalue weighted by molar-refractivity contribution is -0.138. The van der Waals surface area contributed by atoms with Crippen LogP contribution < -0.4 is 0 Å². The van der Waals surface area contributed by atoms with Crippen molar-refractivity contribution in [2.75, 3.05) is 0 Å². The first kappa shape index (κ1) is 7.59. The van der Waals surface area contributed by atoms with Crippen molar-refractivity contribution in [2.45, 2.75) is 25.4 Å². The summed E-state index contributed by atoms with van der Waals surface area (Å²) in [6, 6.07) is 0. The Hall–Kier alpha value is -1.05. The molecule has 2 rings (SSSR count). The van der Waals surface area contributed by atoms with Crippen molar-refractivity contribution in [3.8, 4) is 0 Å². The van der Waals surface area contributed by atoms with Crippen LogP contribution in [0.15, 0.2) is 24.3 Å². The number of esters is 1. The molecule has 1 saturated carbocycles. The van der Waals surface area contributed by atoms with Crippen molar-refractivity contribution in [3.63, 3.8) is 0 Å². The molecule has 1 saturated heterocycles. The van der Waals surface area contributed by atoms with Gasteiger partial charge in [-0.1, -0.05) is 18.7 Å². The Bertz CT molecular complexity index is 253. The van der Waals surface area contributed by atoms with E-state index in [1.165, 1.54) is 6.42 Å². The summed E-state index contributed by atoms with van der Waals surface area (Å²) in [6.07, 6.45) is 6.93. The molecule has 0 aromatic rings. The van der Waals surface area contributed by atoms with E-state index in [1.807, 2.05) is 0 Å². The Kier molecular flexibility index (Phi) is 1.75. The van der Waals surface area contributed by atoms with Crippen LogP contribution in [0.3, 0.4) is 0 Å². The highest BCUT2D eigenvalue weighted by Crippen LogP contribution is 2.39. The summed E-state index contributed by atoms with van der Waals surface area (Å²) in [4.78, 5) is 11.2. The quantitative estimate of drug-likeness (QED) is 0.436. The van der Waals surface area contributed by atoms with Gasteiger partial charge in [-0.25, -0.2) is 4.79 Å². The second kappa shape index (κ2) is 2.77. The molecule has 12 heavy (non-hydrogen) atoms. The van der Waals surface area contributed by atoms with E-state index in [9.17, 15) is 4.79 Å². The average molecular weight is 164 g/mol. The highest BCUT2D eigenvalue weighted by atomic mass is 16.6. The summed E-state index contributed by atoms with van der Waals surface area (Å²) in [5.41, 5.74) is 0.826. The number of hydrogen-bond acceptors (Lipinski definition) is 2. The van der Waals surface area contributed by atoms with Crippen LogP contribution in [0.4, 0.5) is 0 Å². The number of hydrogen-bond donors (Lipinski definition) is 0. The number of carbonyl (C=O) groups is 1. The summed E-state index contributed by atoms with van der Waals surface area (Å²) in [5, 5.41) is 0. The minimum atomic E-state index is -0.135. The normalized spacial score (nSPS) is 36.7. The van der Waals surface area contributed by atoms with Gasteiger partial charge in [-0.2, -0.15) is 0 Å². The van der Waals surface area contributed by atoms with Crippen LogP contribution in [0, 0.1) is 5.92 Å². The maximum Gasteiger partial charge on any atom is 0.334 e.